The molecule has 1 aliphatic rings. The van der Waals surface area contributed by atoms with E-state index in [1.54, 1.807) is 11.0 Å². The molecule has 1 saturated heterocycles. The number of hydrogen-bond acceptors (Lipinski definition) is 11. The van der Waals surface area contributed by atoms with E-state index in [1.165, 1.54) is 11.3 Å². The van der Waals surface area contributed by atoms with Gasteiger partial charge in [-0.05, 0) is 53.5 Å². The van der Waals surface area contributed by atoms with Crippen LogP contribution in [-0.2, 0) is 0 Å². The maximum absolute atomic E-state index is 6.09. The molecule has 12 heteroatoms. The standard InChI is InChI=1S/C24H25N9O2S/c1-15(2)21-28-23(35-29-21)32-11-9-16(10-12-32)13-34-24-27-20-8-7-19(26-22(20)36-24)17-3-5-18(6-4-17)33-14-25-30-31-33/h3-8,14-16H,9-13H2,1-2H3. The number of anilines is 1. The summed E-state index contributed by atoms with van der Waals surface area (Å²) in [5.41, 5.74) is 3.63. The van der Waals surface area contributed by atoms with Gasteiger partial charge in [0.25, 0.3) is 5.19 Å². The minimum atomic E-state index is 0.261. The normalized spacial score (nSPS) is 14.7. The first-order valence-corrected chi connectivity index (χ1v) is 12.8. The van der Waals surface area contributed by atoms with Crippen LogP contribution in [0.5, 0.6) is 5.19 Å². The number of tetrazole rings is 1. The van der Waals surface area contributed by atoms with E-state index >= 15 is 0 Å². The van der Waals surface area contributed by atoms with E-state index in [0.29, 0.717) is 23.7 Å². The Morgan fingerprint density at radius 2 is 1.89 bits per heavy atom. The average molecular weight is 504 g/mol. The van der Waals surface area contributed by atoms with E-state index in [4.69, 9.17) is 14.2 Å². The highest BCUT2D eigenvalue weighted by molar-refractivity contribution is 7.19. The van der Waals surface area contributed by atoms with Crippen LogP contribution in [0, 0.1) is 5.92 Å². The van der Waals surface area contributed by atoms with E-state index in [9.17, 15) is 0 Å². The smallest absolute Gasteiger partial charge is 0.324 e. The SMILES string of the molecule is CC(C)c1noc(N2CCC(COc3nc4ccc(-c5ccc(-n6cnnn6)cc5)nc4s3)CC2)n1. The Hall–Kier alpha value is -3.93. The minimum absolute atomic E-state index is 0.261. The maximum Gasteiger partial charge on any atom is 0.324 e. The lowest BCUT2D eigenvalue weighted by Gasteiger charge is -2.30. The van der Waals surface area contributed by atoms with Crippen LogP contribution in [0.2, 0.25) is 0 Å². The fraction of sp³-hybridized carbons (Fsp3) is 0.375. The van der Waals surface area contributed by atoms with Gasteiger partial charge in [0, 0.05) is 24.6 Å². The molecule has 0 amide bonds. The van der Waals surface area contributed by atoms with Crippen molar-refractivity contribution in [2.75, 3.05) is 24.6 Å². The Labute approximate surface area is 211 Å². The van der Waals surface area contributed by atoms with Gasteiger partial charge in [-0.25, -0.2) is 14.6 Å². The first-order chi connectivity index (χ1) is 17.6. The number of ether oxygens (including phenoxy) is 1. The Balaban J connectivity index is 1.06. The number of fused-ring (bicyclic) bond motifs is 1. The Morgan fingerprint density at radius 1 is 1.06 bits per heavy atom. The predicted molar refractivity (Wildman–Crippen MR) is 134 cm³/mol. The highest BCUT2D eigenvalue weighted by Crippen LogP contribution is 2.30. The molecule has 1 fully saturated rings. The van der Waals surface area contributed by atoms with Gasteiger partial charge in [0.2, 0.25) is 0 Å². The lowest BCUT2D eigenvalue weighted by molar-refractivity contribution is 0.219. The second kappa shape index (κ2) is 9.61. The zero-order valence-corrected chi connectivity index (χ0v) is 20.8. The molecule has 184 valence electrons. The molecule has 5 aromatic rings. The van der Waals surface area contributed by atoms with Gasteiger partial charge in [0.15, 0.2) is 5.82 Å². The molecule has 1 aliphatic heterocycles. The molecule has 1 aromatic carbocycles. The summed E-state index contributed by atoms with van der Waals surface area (Å²) in [6.45, 7) is 6.52. The van der Waals surface area contributed by atoms with Gasteiger partial charge in [-0.1, -0.05) is 42.5 Å². The molecule has 11 nitrogen and oxygen atoms in total. The third kappa shape index (κ3) is 4.63. The number of aromatic nitrogens is 8. The van der Waals surface area contributed by atoms with Crippen LogP contribution in [0.4, 0.5) is 6.01 Å². The van der Waals surface area contributed by atoms with Gasteiger partial charge in [-0.3, -0.25) is 0 Å². The van der Waals surface area contributed by atoms with Crippen LogP contribution in [0.25, 0.3) is 27.3 Å². The second-order valence-corrected chi connectivity index (χ2v) is 10.1. The van der Waals surface area contributed by atoms with Crippen molar-refractivity contribution in [3.63, 3.8) is 0 Å². The fourth-order valence-corrected chi connectivity index (χ4v) is 4.95. The van der Waals surface area contributed by atoms with Crippen LogP contribution in [0.15, 0.2) is 47.2 Å². The predicted octanol–water partition coefficient (Wildman–Crippen LogP) is 4.14. The van der Waals surface area contributed by atoms with Crippen LogP contribution < -0.4 is 9.64 Å². The van der Waals surface area contributed by atoms with Crippen molar-refractivity contribution < 1.29 is 9.26 Å². The van der Waals surface area contributed by atoms with Crippen molar-refractivity contribution in [3.05, 3.63) is 48.5 Å². The highest BCUT2D eigenvalue weighted by atomic mass is 32.1. The van der Waals surface area contributed by atoms with E-state index in [1.807, 2.05) is 36.4 Å². The molecule has 0 N–H and O–H groups in total. The van der Waals surface area contributed by atoms with Crippen LogP contribution in [-0.4, -0.2) is 60.0 Å². The first kappa shape index (κ1) is 22.5. The molecule has 0 spiro atoms. The third-order valence-electron chi connectivity index (χ3n) is 6.29. The first-order valence-electron chi connectivity index (χ1n) is 11.9. The van der Waals surface area contributed by atoms with Gasteiger partial charge in [-0.2, -0.15) is 4.98 Å². The Morgan fingerprint density at radius 3 is 2.61 bits per heavy atom. The molecule has 0 saturated carbocycles. The van der Waals surface area contributed by atoms with E-state index in [2.05, 4.69) is 49.4 Å². The van der Waals surface area contributed by atoms with Crippen molar-refractivity contribution >= 4 is 27.7 Å². The summed E-state index contributed by atoms with van der Waals surface area (Å²) in [5.74, 6) is 1.48. The molecule has 0 radical (unpaired) electrons. The summed E-state index contributed by atoms with van der Waals surface area (Å²) < 4.78 is 13.1. The van der Waals surface area contributed by atoms with Crippen molar-refractivity contribution in [3.8, 4) is 22.1 Å². The summed E-state index contributed by atoms with van der Waals surface area (Å²) >= 11 is 1.48. The summed E-state index contributed by atoms with van der Waals surface area (Å²) in [5, 5.41) is 16.0. The lowest BCUT2D eigenvalue weighted by Crippen LogP contribution is -2.35. The van der Waals surface area contributed by atoms with Gasteiger partial charge in [0.05, 0.1) is 18.0 Å². The maximum atomic E-state index is 6.09. The molecular formula is C24H25N9O2S. The number of nitrogens with zero attached hydrogens (tertiary/aromatic N) is 9. The zero-order chi connectivity index (χ0) is 24.5. The van der Waals surface area contributed by atoms with Gasteiger partial charge >= 0.3 is 6.01 Å². The highest BCUT2D eigenvalue weighted by Gasteiger charge is 2.24. The molecule has 0 aliphatic carbocycles. The number of benzene rings is 1. The van der Waals surface area contributed by atoms with Crippen LogP contribution in [0.1, 0.15) is 38.4 Å². The number of piperidine rings is 1. The van der Waals surface area contributed by atoms with E-state index < -0.39 is 0 Å². The van der Waals surface area contributed by atoms with E-state index in [0.717, 1.165) is 59.0 Å². The van der Waals surface area contributed by atoms with Crippen molar-refractivity contribution in [1.82, 2.24) is 40.3 Å². The molecule has 6 rings (SSSR count). The summed E-state index contributed by atoms with van der Waals surface area (Å²) in [4.78, 5) is 17.0. The number of pyridine rings is 1. The molecule has 5 heterocycles. The van der Waals surface area contributed by atoms with E-state index in [-0.39, 0.29) is 5.92 Å². The quantitative estimate of drug-likeness (QED) is 0.320. The van der Waals surface area contributed by atoms with Crippen molar-refractivity contribution in [2.24, 2.45) is 5.92 Å². The van der Waals surface area contributed by atoms with Gasteiger partial charge in [0.1, 0.15) is 16.7 Å². The monoisotopic (exact) mass is 503 g/mol. The van der Waals surface area contributed by atoms with Crippen molar-refractivity contribution in [2.45, 2.75) is 32.6 Å². The number of hydrogen-bond donors (Lipinski definition) is 0. The average Bonchev–Trinajstić information content (AvgIpc) is 3.68. The Kier molecular flexibility index (Phi) is 6.01. The molecule has 4 aromatic heterocycles. The number of thiazole rings is 1. The molecule has 0 atom stereocenters. The van der Waals surface area contributed by atoms with Gasteiger partial charge in [-0.15, -0.1) is 5.10 Å². The lowest BCUT2D eigenvalue weighted by atomic mass is 9.98. The molecular weight excluding hydrogens is 478 g/mol. The molecule has 36 heavy (non-hydrogen) atoms. The van der Waals surface area contributed by atoms with Crippen molar-refractivity contribution in [1.29, 1.82) is 0 Å². The summed E-state index contributed by atoms with van der Waals surface area (Å²) in [6.07, 6.45) is 3.58. The molecule has 0 unspecified atom stereocenters. The van der Waals surface area contributed by atoms with Crippen LogP contribution >= 0.6 is 11.3 Å². The number of rotatable bonds is 7. The third-order valence-corrected chi connectivity index (χ3v) is 7.17. The topological polar surface area (TPSA) is 121 Å². The molecule has 0 bridgehead atoms. The fourth-order valence-electron chi connectivity index (χ4n) is 4.15. The van der Waals surface area contributed by atoms with Gasteiger partial charge < -0.3 is 14.2 Å². The zero-order valence-electron chi connectivity index (χ0n) is 20.0. The second-order valence-electron chi connectivity index (χ2n) is 9.13. The Bertz CT molecular complexity index is 1440. The summed E-state index contributed by atoms with van der Waals surface area (Å²) in [6, 6.07) is 12.5. The largest absolute Gasteiger partial charge is 0.470 e. The van der Waals surface area contributed by atoms with Crippen LogP contribution in [0.3, 0.4) is 0 Å². The minimum Gasteiger partial charge on any atom is -0.470 e. The summed E-state index contributed by atoms with van der Waals surface area (Å²) in [7, 11) is 0.